The second-order valence-corrected chi connectivity index (χ2v) is 10.1. The Morgan fingerprint density at radius 3 is 2.26 bits per heavy atom. The third kappa shape index (κ3) is 7.39. The van der Waals surface area contributed by atoms with Crippen LogP contribution in [0.3, 0.4) is 0 Å². The number of sulfonamides is 1. The van der Waals surface area contributed by atoms with Gasteiger partial charge in [0.2, 0.25) is 21.8 Å². The van der Waals surface area contributed by atoms with Gasteiger partial charge in [-0.1, -0.05) is 30.7 Å². The molecule has 0 saturated carbocycles. The number of nitrogens with one attached hydrogen (secondary N) is 1. The monoisotopic (exact) mass is 515 g/mol. The number of hydrogen-bond acceptors (Lipinski definition) is 4. The van der Waals surface area contributed by atoms with Gasteiger partial charge in [-0.2, -0.15) is 0 Å². The summed E-state index contributed by atoms with van der Waals surface area (Å²) in [6, 6.07) is 8.97. The van der Waals surface area contributed by atoms with E-state index in [4.69, 9.17) is 11.6 Å². The van der Waals surface area contributed by atoms with Crippen molar-refractivity contribution in [2.75, 3.05) is 24.2 Å². The van der Waals surface area contributed by atoms with E-state index in [0.29, 0.717) is 11.4 Å². The Bertz CT molecular complexity index is 1110. The van der Waals surface area contributed by atoms with Gasteiger partial charge in [-0.15, -0.1) is 0 Å². The van der Waals surface area contributed by atoms with Crippen molar-refractivity contribution in [3.8, 4) is 0 Å². The topological polar surface area (TPSA) is 86.8 Å². The minimum atomic E-state index is -3.81. The van der Waals surface area contributed by atoms with Crippen molar-refractivity contribution >= 4 is 39.1 Å². The first-order valence-corrected chi connectivity index (χ1v) is 12.9. The van der Waals surface area contributed by atoms with Crippen LogP contribution < -0.4 is 9.62 Å². The van der Waals surface area contributed by atoms with E-state index in [9.17, 15) is 26.8 Å². The lowest BCUT2D eigenvalue weighted by atomic mass is 10.1. The summed E-state index contributed by atoms with van der Waals surface area (Å²) in [4.78, 5) is 27.0. The highest BCUT2D eigenvalue weighted by Crippen LogP contribution is 2.22. The van der Waals surface area contributed by atoms with Crippen LogP contribution in [0.15, 0.2) is 42.5 Å². The van der Waals surface area contributed by atoms with Gasteiger partial charge >= 0.3 is 0 Å². The van der Waals surface area contributed by atoms with Gasteiger partial charge in [0, 0.05) is 37.6 Å². The Morgan fingerprint density at radius 1 is 1.09 bits per heavy atom. The molecule has 7 nitrogen and oxygen atoms in total. The quantitative estimate of drug-likeness (QED) is 0.494. The maximum atomic E-state index is 13.6. The molecule has 0 aliphatic carbocycles. The molecule has 34 heavy (non-hydrogen) atoms. The third-order valence-corrected chi connectivity index (χ3v) is 6.69. The Kier molecular flexibility index (Phi) is 9.81. The normalized spacial score (nSPS) is 12.2. The Morgan fingerprint density at radius 2 is 1.74 bits per heavy atom. The summed E-state index contributed by atoms with van der Waals surface area (Å²) in [5, 5.41) is 3.10. The highest BCUT2D eigenvalue weighted by molar-refractivity contribution is 7.92. The molecule has 2 amide bonds. The zero-order chi connectivity index (χ0) is 25.5. The average Bonchev–Trinajstić information content (AvgIpc) is 2.78. The Balaban J connectivity index is 2.19. The number of anilines is 1. The number of carbonyl (C=O) groups excluding carboxylic acids is 2. The number of rotatable bonds is 11. The van der Waals surface area contributed by atoms with Crippen molar-refractivity contribution in [1.82, 2.24) is 10.2 Å². The maximum absolute atomic E-state index is 13.6. The van der Waals surface area contributed by atoms with Crippen molar-refractivity contribution in [2.24, 2.45) is 0 Å². The van der Waals surface area contributed by atoms with Crippen LogP contribution in [0.1, 0.15) is 31.7 Å². The van der Waals surface area contributed by atoms with Gasteiger partial charge in [-0.3, -0.25) is 13.9 Å². The van der Waals surface area contributed by atoms with E-state index in [2.05, 4.69) is 5.32 Å². The lowest BCUT2D eigenvalue weighted by molar-refractivity contribution is -0.141. The van der Waals surface area contributed by atoms with Gasteiger partial charge in [-0.25, -0.2) is 17.2 Å². The van der Waals surface area contributed by atoms with Crippen molar-refractivity contribution < 1.29 is 26.8 Å². The zero-order valence-corrected chi connectivity index (χ0v) is 20.8. The number of hydrogen-bond donors (Lipinski definition) is 1. The van der Waals surface area contributed by atoms with Crippen LogP contribution in [0.5, 0.6) is 0 Å². The van der Waals surface area contributed by atoms with E-state index in [1.807, 2.05) is 0 Å². The summed E-state index contributed by atoms with van der Waals surface area (Å²) < 4.78 is 52.3. The fourth-order valence-corrected chi connectivity index (χ4v) is 4.60. The van der Waals surface area contributed by atoms with E-state index in [1.54, 1.807) is 31.2 Å². The van der Waals surface area contributed by atoms with Crippen LogP contribution in [0.25, 0.3) is 0 Å². The highest BCUT2D eigenvalue weighted by atomic mass is 35.5. The molecule has 0 heterocycles. The number of likely N-dealkylation sites (N-methyl/N-ethyl adjacent to an activating group) is 1. The molecule has 0 fully saturated rings. The van der Waals surface area contributed by atoms with Crippen LogP contribution in [-0.4, -0.2) is 51.0 Å². The molecule has 0 aliphatic rings. The first-order valence-electron chi connectivity index (χ1n) is 10.7. The predicted molar refractivity (Wildman–Crippen MR) is 128 cm³/mol. The van der Waals surface area contributed by atoms with Crippen LogP contribution in [-0.2, 0) is 26.2 Å². The number of nitrogens with zero attached hydrogens (tertiary/aromatic N) is 2. The minimum absolute atomic E-state index is 0.0383. The SMILES string of the molecule is CCC(C(=O)NC)N(Cc1ccc(Cl)cc1)C(=O)CCCN(c1ccc(F)c(F)c1)S(C)(=O)=O. The predicted octanol–water partition coefficient (Wildman–Crippen LogP) is 3.72. The molecule has 0 bridgehead atoms. The summed E-state index contributed by atoms with van der Waals surface area (Å²) in [5.41, 5.74) is 0.739. The van der Waals surface area contributed by atoms with Crippen molar-refractivity contribution in [3.05, 3.63) is 64.7 Å². The number of amides is 2. The van der Waals surface area contributed by atoms with E-state index in [0.717, 1.165) is 34.3 Å². The molecule has 1 atom stereocenters. The molecule has 1 unspecified atom stereocenters. The van der Waals surface area contributed by atoms with E-state index >= 15 is 0 Å². The molecule has 0 aromatic heterocycles. The zero-order valence-electron chi connectivity index (χ0n) is 19.2. The number of carbonyl (C=O) groups is 2. The van der Waals surface area contributed by atoms with Gasteiger partial charge in [-0.05, 0) is 42.7 Å². The van der Waals surface area contributed by atoms with Crippen molar-refractivity contribution in [1.29, 1.82) is 0 Å². The summed E-state index contributed by atoms with van der Waals surface area (Å²) >= 11 is 5.93. The molecular formula is C23H28ClF2N3O4S. The van der Waals surface area contributed by atoms with Gasteiger partial charge in [0.1, 0.15) is 6.04 Å². The summed E-state index contributed by atoms with van der Waals surface area (Å²) in [7, 11) is -2.33. The summed E-state index contributed by atoms with van der Waals surface area (Å²) in [6.45, 7) is 1.83. The molecule has 2 aromatic rings. The first kappa shape index (κ1) is 27.5. The van der Waals surface area contributed by atoms with Gasteiger partial charge in [0.05, 0.1) is 11.9 Å². The van der Waals surface area contributed by atoms with Crippen molar-refractivity contribution in [3.63, 3.8) is 0 Å². The summed E-state index contributed by atoms with van der Waals surface area (Å²) in [5.74, 6) is -2.92. The van der Waals surface area contributed by atoms with E-state index in [-0.39, 0.29) is 43.4 Å². The molecule has 1 N–H and O–H groups in total. The van der Waals surface area contributed by atoms with Gasteiger partial charge in [0.15, 0.2) is 11.6 Å². The fraction of sp³-hybridized carbons (Fsp3) is 0.391. The minimum Gasteiger partial charge on any atom is -0.357 e. The number of benzene rings is 2. The molecule has 0 saturated heterocycles. The standard InChI is InChI=1S/C23H28ClF2N3O4S/c1-4-21(23(31)27-2)28(15-16-7-9-17(24)10-8-16)22(30)6-5-13-29(34(3,32)33)18-11-12-19(25)20(26)14-18/h7-12,14,21H,4-6,13,15H2,1-3H3,(H,27,31). The maximum Gasteiger partial charge on any atom is 0.242 e. The second-order valence-electron chi connectivity index (χ2n) is 7.72. The van der Waals surface area contributed by atoms with Crippen LogP contribution in [0.4, 0.5) is 14.5 Å². The first-order chi connectivity index (χ1) is 16.0. The molecule has 0 radical (unpaired) electrons. The van der Waals surface area contributed by atoms with E-state index < -0.39 is 27.7 Å². The second kappa shape index (κ2) is 12.1. The molecule has 2 rings (SSSR count). The lowest BCUT2D eigenvalue weighted by Gasteiger charge is -2.30. The Labute approximate surface area is 203 Å². The summed E-state index contributed by atoms with van der Waals surface area (Å²) in [6.07, 6.45) is 1.37. The molecule has 2 aromatic carbocycles. The van der Waals surface area contributed by atoms with E-state index in [1.165, 1.54) is 11.9 Å². The molecule has 11 heteroatoms. The molecule has 0 spiro atoms. The fourth-order valence-electron chi connectivity index (χ4n) is 3.52. The average molecular weight is 516 g/mol. The molecule has 0 aliphatic heterocycles. The van der Waals surface area contributed by atoms with Crippen LogP contribution >= 0.6 is 11.6 Å². The molecule has 186 valence electrons. The number of halogens is 3. The molecular weight excluding hydrogens is 488 g/mol. The van der Waals surface area contributed by atoms with Gasteiger partial charge in [0.25, 0.3) is 0 Å². The lowest BCUT2D eigenvalue weighted by Crippen LogP contribution is -2.48. The largest absolute Gasteiger partial charge is 0.357 e. The van der Waals surface area contributed by atoms with Crippen LogP contribution in [0, 0.1) is 11.6 Å². The highest BCUT2D eigenvalue weighted by Gasteiger charge is 2.28. The third-order valence-electron chi connectivity index (χ3n) is 5.24. The smallest absolute Gasteiger partial charge is 0.242 e. The van der Waals surface area contributed by atoms with Crippen molar-refractivity contribution in [2.45, 2.75) is 38.8 Å². The van der Waals surface area contributed by atoms with Crippen LogP contribution in [0.2, 0.25) is 5.02 Å². The van der Waals surface area contributed by atoms with Gasteiger partial charge < -0.3 is 10.2 Å². The Hall–Kier alpha value is -2.72.